The molecule has 5 nitrogen and oxygen atoms in total. The van der Waals surface area contributed by atoms with E-state index < -0.39 is 0 Å². The molecule has 0 aliphatic carbocycles. The Kier molecular flexibility index (Phi) is 3.98. The number of fused-ring (bicyclic) bond motifs is 1. The normalized spacial score (nSPS) is 13.3. The van der Waals surface area contributed by atoms with Gasteiger partial charge < -0.3 is 15.0 Å². The van der Waals surface area contributed by atoms with Crippen molar-refractivity contribution in [3.8, 4) is 5.75 Å². The highest BCUT2D eigenvalue weighted by Gasteiger charge is 2.25. The summed E-state index contributed by atoms with van der Waals surface area (Å²) in [5.41, 5.74) is 1.26. The number of hydrogen-bond donors (Lipinski definition) is 1. The van der Waals surface area contributed by atoms with E-state index in [0.29, 0.717) is 16.5 Å². The molecule has 2 aromatic rings. The van der Waals surface area contributed by atoms with E-state index in [1.165, 1.54) is 0 Å². The van der Waals surface area contributed by atoms with Crippen molar-refractivity contribution < 1.29 is 14.3 Å². The van der Waals surface area contributed by atoms with Crippen LogP contribution < -0.4 is 15.0 Å². The molecule has 2 aromatic carbocycles. The van der Waals surface area contributed by atoms with Gasteiger partial charge in [-0.05, 0) is 24.3 Å². The summed E-state index contributed by atoms with van der Waals surface area (Å²) in [4.78, 5) is 25.5. The van der Waals surface area contributed by atoms with Gasteiger partial charge >= 0.3 is 5.97 Å². The lowest BCUT2D eigenvalue weighted by molar-refractivity contribution is -0.133. The molecule has 0 saturated carbocycles. The first kappa shape index (κ1) is 14.4. The third-order valence-electron chi connectivity index (χ3n) is 3.23. The molecule has 0 fully saturated rings. The highest BCUT2D eigenvalue weighted by Crippen LogP contribution is 2.31. The van der Waals surface area contributed by atoms with Crippen LogP contribution >= 0.6 is 11.6 Å². The molecular weight excluding hydrogens is 304 g/mol. The Labute approximate surface area is 132 Å². The van der Waals surface area contributed by atoms with Gasteiger partial charge in [0.15, 0.2) is 5.75 Å². The van der Waals surface area contributed by atoms with Gasteiger partial charge in [0.1, 0.15) is 6.54 Å². The lowest BCUT2D eigenvalue weighted by Crippen LogP contribution is -2.41. The lowest BCUT2D eigenvalue weighted by atomic mass is 10.2. The minimum absolute atomic E-state index is 0.0347. The van der Waals surface area contributed by atoms with E-state index in [2.05, 4.69) is 5.32 Å². The Morgan fingerprint density at radius 3 is 2.73 bits per heavy atom. The Morgan fingerprint density at radius 1 is 1.18 bits per heavy atom. The third-order valence-corrected chi connectivity index (χ3v) is 3.56. The van der Waals surface area contributed by atoms with E-state index in [9.17, 15) is 9.59 Å². The van der Waals surface area contributed by atoms with E-state index >= 15 is 0 Å². The number of carbonyl (C=O) groups excluding carboxylic acids is 2. The number of nitrogens with zero attached hydrogens (tertiary/aromatic N) is 1. The molecule has 0 atom stereocenters. The Bertz CT molecular complexity index is 733. The number of esters is 1. The molecular formula is C16H13ClN2O3. The maximum absolute atomic E-state index is 12.2. The number of para-hydroxylation sites is 3. The predicted molar refractivity (Wildman–Crippen MR) is 84.4 cm³/mol. The molecule has 0 aromatic heterocycles. The van der Waals surface area contributed by atoms with E-state index in [4.69, 9.17) is 16.3 Å². The minimum atomic E-state index is -0.385. The zero-order chi connectivity index (χ0) is 15.5. The van der Waals surface area contributed by atoms with Crippen molar-refractivity contribution in [3.63, 3.8) is 0 Å². The molecule has 1 amide bonds. The molecule has 0 saturated heterocycles. The molecule has 0 spiro atoms. The highest BCUT2D eigenvalue weighted by atomic mass is 35.5. The molecule has 1 aliphatic rings. The summed E-state index contributed by atoms with van der Waals surface area (Å²) in [5, 5.41) is 3.21. The molecule has 6 heteroatoms. The number of amides is 1. The van der Waals surface area contributed by atoms with E-state index in [1.807, 2.05) is 12.1 Å². The number of benzene rings is 2. The average Bonchev–Trinajstić information content (AvgIpc) is 2.49. The maximum Gasteiger partial charge on any atom is 0.331 e. The largest absolute Gasteiger partial charge is 0.423 e. The first-order valence-electron chi connectivity index (χ1n) is 6.72. The first-order chi connectivity index (χ1) is 10.6. The van der Waals surface area contributed by atoms with Gasteiger partial charge in [-0.1, -0.05) is 35.9 Å². The smallest absolute Gasteiger partial charge is 0.331 e. The van der Waals surface area contributed by atoms with E-state index in [0.717, 1.165) is 5.69 Å². The number of nitrogens with one attached hydrogen (secondary N) is 1. The maximum atomic E-state index is 12.2. The van der Waals surface area contributed by atoms with Crippen molar-refractivity contribution in [2.24, 2.45) is 0 Å². The number of carbonyl (C=O) groups is 2. The quantitative estimate of drug-likeness (QED) is 0.698. The first-order valence-corrected chi connectivity index (χ1v) is 7.10. The van der Waals surface area contributed by atoms with Gasteiger partial charge in [0.25, 0.3) is 0 Å². The number of anilines is 2. The summed E-state index contributed by atoms with van der Waals surface area (Å²) in [6.45, 7) is 0.0737. The highest BCUT2D eigenvalue weighted by molar-refractivity contribution is 6.33. The van der Waals surface area contributed by atoms with Crippen LogP contribution in [-0.2, 0) is 9.59 Å². The molecule has 0 bridgehead atoms. The second-order valence-corrected chi connectivity index (χ2v) is 5.23. The van der Waals surface area contributed by atoms with Crippen molar-refractivity contribution in [2.45, 2.75) is 0 Å². The van der Waals surface area contributed by atoms with Crippen molar-refractivity contribution in [1.82, 2.24) is 0 Å². The lowest BCUT2D eigenvalue weighted by Gasteiger charge is -2.29. The van der Waals surface area contributed by atoms with Gasteiger partial charge in [-0.2, -0.15) is 0 Å². The summed E-state index contributed by atoms with van der Waals surface area (Å²) in [5.74, 6) is -0.175. The fourth-order valence-corrected chi connectivity index (χ4v) is 2.45. The minimum Gasteiger partial charge on any atom is -0.423 e. The van der Waals surface area contributed by atoms with Crippen LogP contribution in [-0.4, -0.2) is 25.0 Å². The topological polar surface area (TPSA) is 58.6 Å². The standard InChI is InChI=1S/C16H13ClN2O3/c17-11-5-1-2-6-12(11)18-15(20)9-19-10-16(21)22-14-8-4-3-7-13(14)19/h1-8H,9-10H2,(H,18,20). The number of ether oxygens (including phenoxy) is 1. The molecule has 0 radical (unpaired) electrons. The Balaban J connectivity index is 1.75. The summed E-state index contributed by atoms with van der Waals surface area (Å²) < 4.78 is 5.15. The van der Waals surface area contributed by atoms with Crippen LogP contribution in [0.4, 0.5) is 11.4 Å². The summed E-state index contributed by atoms with van der Waals surface area (Å²) in [6.07, 6.45) is 0. The number of rotatable bonds is 3. The summed E-state index contributed by atoms with van der Waals surface area (Å²) in [6, 6.07) is 14.1. The molecule has 1 aliphatic heterocycles. The predicted octanol–water partition coefficient (Wildman–Crippen LogP) is 2.70. The van der Waals surface area contributed by atoms with E-state index in [-0.39, 0.29) is 25.0 Å². The Morgan fingerprint density at radius 2 is 1.91 bits per heavy atom. The van der Waals surface area contributed by atoms with Crippen molar-refractivity contribution in [1.29, 1.82) is 0 Å². The van der Waals surface area contributed by atoms with Crippen molar-refractivity contribution in [2.75, 3.05) is 23.3 Å². The number of halogens is 1. The van der Waals surface area contributed by atoms with Crippen LogP contribution in [0, 0.1) is 0 Å². The second-order valence-electron chi connectivity index (χ2n) is 4.83. The van der Waals surface area contributed by atoms with Crippen LogP contribution in [0.5, 0.6) is 5.75 Å². The molecule has 112 valence electrons. The fourth-order valence-electron chi connectivity index (χ4n) is 2.27. The Hall–Kier alpha value is -2.53. The summed E-state index contributed by atoms with van der Waals surface area (Å²) >= 11 is 6.01. The molecule has 3 rings (SSSR count). The van der Waals surface area contributed by atoms with Crippen LogP contribution in [0.25, 0.3) is 0 Å². The van der Waals surface area contributed by atoms with Crippen LogP contribution in [0.3, 0.4) is 0 Å². The van der Waals surface area contributed by atoms with Gasteiger partial charge in [0.2, 0.25) is 5.91 Å². The SMILES string of the molecule is O=C(CN1CC(=O)Oc2ccccc21)Nc1ccccc1Cl. The molecule has 0 unspecified atom stereocenters. The monoisotopic (exact) mass is 316 g/mol. The van der Waals surface area contributed by atoms with Gasteiger partial charge in [0.05, 0.1) is 22.9 Å². The van der Waals surface area contributed by atoms with Crippen LogP contribution in [0.2, 0.25) is 5.02 Å². The fraction of sp³-hybridized carbons (Fsp3) is 0.125. The second kappa shape index (κ2) is 6.07. The molecule has 1 N–H and O–H groups in total. The van der Waals surface area contributed by atoms with Gasteiger partial charge in [-0.3, -0.25) is 4.79 Å². The zero-order valence-electron chi connectivity index (χ0n) is 11.6. The van der Waals surface area contributed by atoms with Gasteiger partial charge in [-0.15, -0.1) is 0 Å². The van der Waals surface area contributed by atoms with Crippen LogP contribution in [0.1, 0.15) is 0 Å². The van der Waals surface area contributed by atoms with Crippen molar-refractivity contribution >= 4 is 34.9 Å². The zero-order valence-corrected chi connectivity index (χ0v) is 12.3. The van der Waals surface area contributed by atoms with Crippen molar-refractivity contribution in [3.05, 3.63) is 53.6 Å². The average molecular weight is 317 g/mol. The third kappa shape index (κ3) is 3.04. The molecule has 22 heavy (non-hydrogen) atoms. The van der Waals surface area contributed by atoms with Gasteiger partial charge in [0, 0.05) is 0 Å². The van der Waals surface area contributed by atoms with Gasteiger partial charge in [-0.25, -0.2) is 4.79 Å². The number of hydrogen-bond acceptors (Lipinski definition) is 4. The van der Waals surface area contributed by atoms with Crippen LogP contribution in [0.15, 0.2) is 48.5 Å². The summed E-state index contributed by atoms with van der Waals surface area (Å²) in [7, 11) is 0. The van der Waals surface area contributed by atoms with E-state index in [1.54, 1.807) is 41.3 Å². The molecule has 1 heterocycles.